The number of benzene rings is 4. The number of nitrogens with zero attached hydrogens (tertiary/aromatic N) is 2. The third-order valence-electron chi connectivity index (χ3n) is 13.3. The zero-order valence-corrected chi connectivity index (χ0v) is 42.5. The molecule has 0 amide bonds. The SMILES string of the molecule is COc1cc(-c2c3nc(c(-c4cc(OC)c(OC)c(OC)c4)c4ccc([nH]4)c4c(nc5c(=O)c6c(OC)c(OC)c(OC)cc6c5c5ccc2[nH]5)c(=O)c2c(OC)c(OC)c(OC)cc24)C=C3)cc(OC)c1OC. The number of nitrogens with one attached hydrogen (secondary N) is 2. The number of rotatable bonds is 14. The van der Waals surface area contributed by atoms with E-state index in [1.54, 1.807) is 40.6 Å². The molecular weight excluding hydrogens is 953 g/mol. The van der Waals surface area contributed by atoms with Crippen molar-refractivity contribution < 1.29 is 56.8 Å². The molecule has 0 unspecified atom stereocenters. The van der Waals surface area contributed by atoms with Gasteiger partial charge in [-0.15, -0.1) is 0 Å². The minimum Gasteiger partial charge on any atom is -0.493 e. The van der Waals surface area contributed by atoms with Crippen LogP contribution in [-0.2, 0) is 0 Å². The second-order valence-electron chi connectivity index (χ2n) is 16.7. The fraction of sp³-hybridized carbons (Fsp3) is 0.214. The van der Waals surface area contributed by atoms with Crippen molar-refractivity contribution in [3.05, 3.63) is 92.5 Å². The van der Waals surface area contributed by atoms with E-state index in [-0.39, 0.29) is 56.3 Å². The maximum atomic E-state index is 15.4. The fourth-order valence-electron chi connectivity index (χ4n) is 10.1. The third-order valence-corrected chi connectivity index (χ3v) is 13.3. The van der Waals surface area contributed by atoms with Crippen LogP contribution in [0.5, 0.6) is 69.0 Å². The molecule has 0 saturated heterocycles. The van der Waals surface area contributed by atoms with Crippen LogP contribution in [-0.4, -0.2) is 105 Å². The third kappa shape index (κ3) is 7.22. The molecule has 18 nitrogen and oxygen atoms in total. The van der Waals surface area contributed by atoms with Crippen LogP contribution >= 0.6 is 0 Å². The van der Waals surface area contributed by atoms with Gasteiger partial charge in [-0.05, 0) is 83.9 Å². The van der Waals surface area contributed by atoms with Crippen molar-refractivity contribution in [1.82, 2.24) is 19.9 Å². The monoisotopic (exact) mass is 1000 g/mol. The van der Waals surface area contributed by atoms with E-state index in [2.05, 4.69) is 9.97 Å². The molecule has 6 aromatic carbocycles. The number of fused-ring (bicyclic) bond motifs is 14. The standard InChI is InChI=1S/C56H50N4O14/c1-63-35-19-25(20-36(64-2)51(35)69-7)41-29-13-14-30(57-29)42(26-21-37(65-3)52(70-8)38(22-26)66-4)32-16-18-34(59-32)44-28-24-40(68-6)54(72-10)56(74-12)46(28)50(62)48(44)60-47-43(33-17-15-31(41)58-33)27-23-39(67-5)53(71-9)55(73-11)45(27)49(47)61/h13-24,58-59H,1-12H3. The molecule has 0 atom stereocenters. The van der Waals surface area contributed by atoms with Crippen molar-refractivity contribution in [2.24, 2.45) is 0 Å². The quantitative estimate of drug-likeness (QED) is 0.104. The summed E-state index contributed by atoms with van der Waals surface area (Å²) in [6.45, 7) is 0. The molecule has 0 aliphatic carbocycles. The molecule has 3 aromatic heterocycles. The maximum Gasteiger partial charge on any atom is 0.216 e. The van der Waals surface area contributed by atoms with E-state index in [1.807, 2.05) is 60.7 Å². The van der Waals surface area contributed by atoms with Crippen molar-refractivity contribution in [1.29, 1.82) is 0 Å². The number of hydrogen-bond donors (Lipinski definition) is 2. The van der Waals surface area contributed by atoms with Crippen LogP contribution in [0, 0.1) is 0 Å². The first-order chi connectivity index (χ1) is 36.0. The van der Waals surface area contributed by atoms with Gasteiger partial charge in [-0.3, -0.25) is 9.59 Å². The summed E-state index contributed by atoms with van der Waals surface area (Å²) in [5.74, 6) is 3.54. The molecule has 9 aromatic rings. The van der Waals surface area contributed by atoms with Gasteiger partial charge in [0, 0.05) is 54.7 Å². The Balaban J connectivity index is 1.53. The summed E-state index contributed by atoms with van der Waals surface area (Å²) in [5, 5.41) is 1.76. The van der Waals surface area contributed by atoms with Crippen LogP contribution in [0.3, 0.4) is 0 Å². The Kier molecular flexibility index (Phi) is 12.4. The molecule has 2 N–H and O–H groups in total. The zero-order valence-electron chi connectivity index (χ0n) is 42.5. The Morgan fingerprint density at radius 3 is 0.959 bits per heavy atom. The molecule has 0 spiro atoms. The van der Waals surface area contributed by atoms with E-state index in [0.29, 0.717) is 112 Å². The largest absolute Gasteiger partial charge is 0.493 e. The molecule has 74 heavy (non-hydrogen) atoms. The molecule has 18 heteroatoms. The van der Waals surface area contributed by atoms with Crippen LogP contribution in [0.4, 0.5) is 0 Å². The lowest BCUT2D eigenvalue weighted by Crippen LogP contribution is -2.03. The molecule has 0 saturated carbocycles. The second-order valence-corrected chi connectivity index (χ2v) is 16.7. The van der Waals surface area contributed by atoms with Crippen LogP contribution in [0.2, 0.25) is 0 Å². The summed E-state index contributed by atoms with van der Waals surface area (Å²) >= 11 is 0. The van der Waals surface area contributed by atoms with Gasteiger partial charge in [0.15, 0.2) is 46.0 Å². The van der Waals surface area contributed by atoms with Gasteiger partial charge < -0.3 is 66.8 Å². The second kappa shape index (κ2) is 19.0. The summed E-state index contributed by atoms with van der Waals surface area (Å²) in [7, 11) is 18.0. The molecule has 1 aliphatic heterocycles. The minimum absolute atomic E-state index is 0.0832. The number of hydrogen-bond acceptors (Lipinski definition) is 16. The highest BCUT2D eigenvalue weighted by Gasteiger charge is 2.28. The molecule has 0 radical (unpaired) electrons. The first kappa shape index (κ1) is 48.3. The molecular formula is C56H50N4O14. The van der Waals surface area contributed by atoms with Crippen LogP contribution in [0.25, 0.3) is 99.8 Å². The highest BCUT2D eigenvalue weighted by molar-refractivity contribution is 6.22. The van der Waals surface area contributed by atoms with Gasteiger partial charge in [0.1, 0.15) is 11.0 Å². The number of aromatic amines is 2. The van der Waals surface area contributed by atoms with Gasteiger partial charge in [-0.1, -0.05) is 0 Å². The van der Waals surface area contributed by atoms with Crippen molar-refractivity contribution in [2.75, 3.05) is 85.3 Å². The number of H-pyrrole nitrogens is 2. The molecule has 1 aliphatic rings. The fourth-order valence-corrected chi connectivity index (χ4v) is 10.1. The molecule has 10 rings (SSSR count). The lowest BCUT2D eigenvalue weighted by atomic mass is 10.0. The van der Waals surface area contributed by atoms with Crippen molar-refractivity contribution in [2.45, 2.75) is 0 Å². The summed E-state index contributed by atoms with van der Waals surface area (Å²) < 4.78 is 70.1. The van der Waals surface area contributed by atoms with Gasteiger partial charge in [-0.25, -0.2) is 9.97 Å². The highest BCUT2D eigenvalue weighted by Crippen LogP contribution is 2.49. The Labute approximate surface area is 422 Å². The normalized spacial score (nSPS) is 11.6. The topological polar surface area (TPSA) is 202 Å². The van der Waals surface area contributed by atoms with Gasteiger partial charge in [0.2, 0.25) is 33.9 Å². The van der Waals surface area contributed by atoms with E-state index < -0.39 is 10.9 Å². The van der Waals surface area contributed by atoms with Crippen molar-refractivity contribution in [3.63, 3.8) is 0 Å². The van der Waals surface area contributed by atoms with Gasteiger partial charge >= 0.3 is 0 Å². The summed E-state index contributed by atoms with van der Waals surface area (Å²) in [5.41, 5.74) is 4.32. The first-order valence-corrected chi connectivity index (χ1v) is 22.8. The number of aromatic nitrogens is 4. The molecule has 4 heterocycles. The van der Waals surface area contributed by atoms with E-state index in [9.17, 15) is 0 Å². The summed E-state index contributed by atoms with van der Waals surface area (Å²) in [6.07, 6.45) is 3.81. The van der Waals surface area contributed by atoms with E-state index >= 15 is 9.59 Å². The molecule has 6 bridgehead atoms. The van der Waals surface area contributed by atoms with E-state index in [1.165, 1.54) is 56.9 Å². The Morgan fingerprint density at radius 2 is 0.649 bits per heavy atom. The first-order valence-electron chi connectivity index (χ1n) is 22.8. The van der Waals surface area contributed by atoms with E-state index in [4.69, 9.17) is 66.8 Å². The van der Waals surface area contributed by atoms with Gasteiger partial charge in [0.25, 0.3) is 0 Å². The molecule has 378 valence electrons. The predicted octanol–water partition coefficient (Wildman–Crippen LogP) is 9.82. The average Bonchev–Trinajstić information content (AvgIpc) is 4.29. The van der Waals surface area contributed by atoms with Crippen molar-refractivity contribution >= 4 is 77.6 Å². The number of methoxy groups -OCH3 is 12. The lowest BCUT2D eigenvalue weighted by molar-refractivity contribution is 0.324. The number of ether oxygens (including phenoxy) is 12. The van der Waals surface area contributed by atoms with Crippen LogP contribution in [0.15, 0.2) is 70.3 Å². The predicted molar refractivity (Wildman–Crippen MR) is 284 cm³/mol. The Bertz CT molecular complexity index is 3760. The smallest absolute Gasteiger partial charge is 0.216 e. The maximum absolute atomic E-state index is 15.4. The molecule has 0 fully saturated rings. The van der Waals surface area contributed by atoms with Gasteiger partial charge in [-0.2, -0.15) is 0 Å². The minimum atomic E-state index is -0.552. The zero-order chi connectivity index (χ0) is 52.3. The Morgan fingerprint density at radius 1 is 0.338 bits per heavy atom. The highest BCUT2D eigenvalue weighted by atomic mass is 16.6. The average molecular weight is 1000 g/mol. The van der Waals surface area contributed by atoms with Crippen LogP contribution < -0.4 is 67.7 Å². The van der Waals surface area contributed by atoms with Crippen molar-refractivity contribution in [3.8, 4) is 91.2 Å². The summed E-state index contributed by atoms with van der Waals surface area (Å²) in [4.78, 5) is 48.7. The van der Waals surface area contributed by atoms with E-state index in [0.717, 1.165) is 0 Å². The summed E-state index contributed by atoms with van der Waals surface area (Å²) in [6, 6.07) is 18.1. The lowest BCUT2D eigenvalue weighted by Gasteiger charge is -2.15. The van der Waals surface area contributed by atoms with Gasteiger partial charge in [0.05, 0.1) is 107 Å². The Hall–Kier alpha value is -9.32. The van der Waals surface area contributed by atoms with Crippen LogP contribution in [0.1, 0.15) is 11.4 Å².